The topological polar surface area (TPSA) is 77.2 Å². The van der Waals surface area contributed by atoms with Crippen molar-refractivity contribution in [3.63, 3.8) is 0 Å². The fourth-order valence-electron chi connectivity index (χ4n) is 2.62. The maximum atomic E-state index is 12.0. The summed E-state index contributed by atoms with van der Waals surface area (Å²) in [6, 6.07) is 3.73. The zero-order valence-corrected chi connectivity index (χ0v) is 10.8. The molecule has 5 heteroatoms. The van der Waals surface area contributed by atoms with E-state index in [4.69, 9.17) is 10.5 Å². The molecule has 1 saturated heterocycles. The Morgan fingerprint density at radius 3 is 2.95 bits per heavy atom. The van der Waals surface area contributed by atoms with E-state index in [1.807, 2.05) is 0 Å². The van der Waals surface area contributed by atoms with Crippen LogP contribution in [0.3, 0.4) is 0 Å². The highest BCUT2D eigenvalue weighted by atomic mass is 16.5. The number of nitrogen functional groups attached to an aromatic ring is 1. The van der Waals surface area contributed by atoms with Crippen LogP contribution >= 0.6 is 0 Å². The molecule has 1 aromatic heterocycles. The third-order valence-electron chi connectivity index (χ3n) is 3.76. The lowest BCUT2D eigenvalue weighted by atomic mass is 10.1. The van der Waals surface area contributed by atoms with Crippen LogP contribution in [0.15, 0.2) is 18.3 Å². The molecule has 2 fully saturated rings. The van der Waals surface area contributed by atoms with Gasteiger partial charge in [0.05, 0.1) is 30.5 Å². The Bertz CT molecular complexity index is 456. The molecule has 3 N–H and O–H groups in total. The summed E-state index contributed by atoms with van der Waals surface area (Å²) in [6.07, 6.45) is 5.49. The lowest BCUT2D eigenvalue weighted by molar-refractivity contribution is -0.121. The second-order valence-corrected chi connectivity index (χ2v) is 5.40. The second kappa shape index (κ2) is 5.17. The van der Waals surface area contributed by atoms with Crippen molar-refractivity contribution in [2.45, 2.75) is 37.8 Å². The van der Waals surface area contributed by atoms with Crippen molar-refractivity contribution in [2.75, 3.05) is 12.3 Å². The number of amides is 1. The Morgan fingerprint density at radius 2 is 2.26 bits per heavy atom. The Morgan fingerprint density at radius 1 is 1.42 bits per heavy atom. The van der Waals surface area contributed by atoms with Gasteiger partial charge in [-0.3, -0.25) is 9.78 Å². The molecule has 2 heterocycles. The molecule has 0 aromatic carbocycles. The number of nitrogens with one attached hydrogen (secondary N) is 1. The van der Waals surface area contributed by atoms with E-state index in [0.29, 0.717) is 18.0 Å². The molecule has 0 radical (unpaired) electrons. The van der Waals surface area contributed by atoms with Crippen LogP contribution < -0.4 is 11.1 Å². The summed E-state index contributed by atoms with van der Waals surface area (Å²) < 4.78 is 5.71. The van der Waals surface area contributed by atoms with Gasteiger partial charge in [-0.2, -0.15) is 0 Å². The molecule has 1 aromatic rings. The molecule has 2 atom stereocenters. The largest absolute Gasteiger partial charge is 0.397 e. The predicted molar refractivity (Wildman–Crippen MR) is 71.4 cm³/mol. The minimum atomic E-state index is 0.0124. The molecular formula is C14H19N3O2. The third-order valence-corrected chi connectivity index (χ3v) is 3.76. The van der Waals surface area contributed by atoms with Gasteiger partial charge in [-0.25, -0.2) is 0 Å². The average molecular weight is 261 g/mol. The number of nitrogens with zero attached hydrogens (tertiary/aromatic N) is 1. The van der Waals surface area contributed by atoms with Gasteiger partial charge in [-0.1, -0.05) is 0 Å². The van der Waals surface area contributed by atoms with Gasteiger partial charge in [0.15, 0.2) is 0 Å². The standard InChI is InChI=1S/C14H19N3O2/c15-10-3-4-11(16-8-10)7-13(18)17-12-5-6-19-14(12)9-1-2-9/h3-4,8-9,12,14H,1-2,5-7,15H2,(H,17,18). The summed E-state index contributed by atoms with van der Waals surface area (Å²) in [4.78, 5) is 16.1. The molecule has 102 valence electrons. The lowest BCUT2D eigenvalue weighted by Gasteiger charge is -2.19. The highest BCUT2D eigenvalue weighted by Crippen LogP contribution is 2.38. The van der Waals surface area contributed by atoms with Crippen molar-refractivity contribution < 1.29 is 9.53 Å². The molecular weight excluding hydrogens is 242 g/mol. The molecule has 1 amide bonds. The first-order valence-electron chi connectivity index (χ1n) is 6.84. The van der Waals surface area contributed by atoms with Gasteiger partial charge in [0.25, 0.3) is 0 Å². The lowest BCUT2D eigenvalue weighted by Crippen LogP contribution is -2.42. The predicted octanol–water partition coefficient (Wildman–Crippen LogP) is 0.890. The molecule has 1 aliphatic heterocycles. The van der Waals surface area contributed by atoms with Gasteiger partial charge in [-0.15, -0.1) is 0 Å². The van der Waals surface area contributed by atoms with Gasteiger partial charge in [-0.05, 0) is 37.3 Å². The first kappa shape index (κ1) is 12.4. The van der Waals surface area contributed by atoms with E-state index in [1.165, 1.54) is 12.8 Å². The van der Waals surface area contributed by atoms with Crippen LogP contribution in [0.1, 0.15) is 25.0 Å². The number of ether oxygens (including phenoxy) is 1. The molecule has 5 nitrogen and oxygen atoms in total. The monoisotopic (exact) mass is 261 g/mol. The Kier molecular flexibility index (Phi) is 3.38. The average Bonchev–Trinajstić information content (AvgIpc) is 3.13. The van der Waals surface area contributed by atoms with E-state index < -0.39 is 0 Å². The minimum absolute atomic E-state index is 0.0124. The molecule has 0 bridgehead atoms. The summed E-state index contributed by atoms with van der Waals surface area (Å²) in [6.45, 7) is 0.756. The number of hydrogen-bond acceptors (Lipinski definition) is 4. The number of aromatic nitrogens is 1. The summed E-state index contributed by atoms with van der Waals surface area (Å²) in [5.74, 6) is 0.667. The molecule has 2 aliphatic rings. The summed E-state index contributed by atoms with van der Waals surface area (Å²) in [5.41, 5.74) is 6.93. The van der Waals surface area contributed by atoms with E-state index >= 15 is 0 Å². The fraction of sp³-hybridized carbons (Fsp3) is 0.571. The number of carbonyl (C=O) groups excluding carboxylic acids is 1. The van der Waals surface area contributed by atoms with Gasteiger partial charge in [0.2, 0.25) is 5.91 Å². The summed E-state index contributed by atoms with van der Waals surface area (Å²) >= 11 is 0. The van der Waals surface area contributed by atoms with Crippen LogP contribution in [0, 0.1) is 5.92 Å². The van der Waals surface area contributed by atoms with E-state index in [9.17, 15) is 4.79 Å². The highest BCUT2D eigenvalue weighted by molar-refractivity contribution is 5.78. The maximum Gasteiger partial charge on any atom is 0.226 e. The number of hydrogen-bond donors (Lipinski definition) is 2. The van der Waals surface area contributed by atoms with Crippen molar-refractivity contribution in [2.24, 2.45) is 5.92 Å². The van der Waals surface area contributed by atoms with Crippen LogP contribution in [-0.2, 0) is 16.0 Å². The van der Waals surface area contributed by atoms with Crippen molar-refractivity contribution in [3.05, 3.63) is 24.0 Å². The molecule has 1 saturated carbocycles. The number of rotatable bonds is 4. The van der Waals surface area contributed by atoms with Crippen molar-refractivity contribution >= 4 is 11.6 Å². The smallest absolute Gasteiger partial charge is 0.226 e. The molecule has 3 rings (SSSR count). The van der Waals surface area contributed by atoms with Crippen molar-refractivity contribution in [1.82, 2.24) is 10.3 Å². The maximum absolute atomic E-state index is 12.0. The summed E-state index contributed by atoms with van der Waals surface area (Å²) in [7, 11) is 0. The van der Waals surface area contributed by atoms with E-state index in [1.54, 1.807) is 18.3 Å². The highest BCUT2D eigenvalue weighted by Gasteiger charge is 2.41. The summed E-state index contributed by atoms with van der Waals surface area (Å²) in [5, 5.41) is 3.08. The number of anilines is 1. The zero-order chi connectivity index (χ0) is 13.2. The molecule has 19 heavy (non-hydrogen) atoms. The van der Waals surface area contributed by atoms with Crippen molar-refractivity contribution in [1.29, 1.82) is 0 Å². The minimum Gasteiger partial charge on any atom is -0.397 e. The fourth-order valence-corrected chi connectivity index (χ4v) is 2.62. The third kappa shape index (κ3) is 3.04. The Balaban J connectivity index is 1.54. The number of pyridine rings is 1. The zero-order valence-electron chi connectivity index (χ0n) is 10.8. The van der Waals surface area contributed by atoms with Crippen molar-refractivity contribution in [3.8, 4) is 0 Å². The molecule has 2 unspecified atom stereocenters. The molecule has 0 spiro atoms. The van der Waals surface area contributed by atoms with Gasteiger partial charge in [0.1, 0.15) is 0 Å². The van der Waals surface area contributed by atoms with Gasteiger partial charge < -0.3 is 15.8 Å². The quantitative estimate of drug-likeness (QED) is 0.844. The first-order chi connectivity index (χ1) is 9.22. The van der Waals surface area contributed by atoms with Gasteiger partial charge in [0, 0.05) is 12.3 Å². The van der Waals surface area contributed by atoms with Crippen LogP contribution in [0.4, 0.5) is 5.69 Å². The van der Waals surface area contributed by atoms with E-state index in [0.717, 1.165) is 18.7 Å². The van der Waals surface area contributed by atoms with E-state index in [-0.39, 0.29) is 18.1 Å². The second-order valence-electron chi connectivity index (χ2n) is 5.40. The number of nitrogens with two attached hydrogens (primary N) is 1. The SMILES string of the molecule is Nc1ccc(CC(=O)NC2CCOC2C2CC2)nc1. The first-order valence-corrected chi connectivity index (χ1v) is 6.84. The Hall–Kier alpha value is -1.62. The molecule has 1 aliphatic carbocycles. The van der Waals surface area contributed by atoms with Crippen LogP contribution in [-0.4, -0.2) is 29.6 Å². The van der Waals surface area contributed by atoms with Crippen LogP contribution in [0.2, 0.25) is 0 Å². The van der Waals surface area contributed by atoms with Crippen LogP contribution in [0.5, 0.6) is 0 Å². The normalized spacial score (nSPS) is 26.3. The van der Waals surface area contributed by atoms with Gasteiger partial charge >= 0.3 is 0 Å². The van der Waals surface area contributed by atoms with Crippen LogP contribution in [0.25, 0.3) is 0 Å². The number of carbonyl (C=O) groups is 1. The van der Waals surface area contributed by atoms with E-state index in [2.05, 4.69) is 10.3 Å². The Labute approximate surface area is 112 Å².